The Balaban J connectivity index is 0.000000223. The molecule has 3 aromatic heterocycles. The minimum absolute atomic E-state index is 0. The molecule has 0 atom stereocenters. The van der Waals surface area contributed by atoms with Crippen molar-refractivity contribution in [3.05, 3.63) is 139 Å². The van der Waals surface area contributed by atoms with Gasteiger partial charge in [0.15, 0.2) is 0 Å². The van der Waals surface area contributed by atoms with Crippen LogP contribution in [-0.4, -0.2) is 18.0 Å². The van der Waals surface area contributed by atoms with Crippen LogP contribution >= 0.6 is 0 Å². The fourth-order valence-electron chi connectivity index (χ4n) is 5.99. The Morgan fingerprint density at radius 3 is 2.24 bits per heavy atom. The molecule has 0 aliphatic carbocycles. The molecule has 4 aromatic carbocycles. The largest absolute Gasteiger partial charge is 0.501 e. The summed E-state index contributed by atoms with van der Waals surface area (Å²) in [6, 6.07) is 40.4. The molecule has 50 heavy (non-hydrogen) atoms. The first-order valence-corrected chi connectivity index (χ1v) is 20.3. The molecule has 0 saturated heterocycles. The second kappa shape index (κ2) is 15.4. The van der Waals surface area contributed by atoms with Crippen LogP contribution in [-0.2, 0) is 26.5 Å². The predicted octanol–water partition coefficient (Wildman–Crippen LogP) is 11.9. The zero-order chi connectivity index (χ0) is 37.5. The monoisotopic (exact) mass is 854 g/mol. The van der Waals surface area contributed by atoms with Crippen LogP contribution in [0.5, 0.6) is 0 Å². The van der Waals surface area contributed by atoms with E-state index in [1.165, 1.54) is 5.19 Å². The van der Waals surface area contributed by atoms with Gasteiger partial charge in [-0.25, -0.2) is 0 Å². The third kappa shape index (κ3) is 8.58. The zero-order valence-corrected chi connectivity index (χ0v) is 33.5. The molecular formula is C45H46IrN2OSi-2. The van der Waals surface area contributed by atoms with Crippen molar-refractivity contribution in [3.63, 3.8) is 0 Å². The summed E-state index contributed by atoms with van der Waals surface area (Å²) in [5, 5.41) is 3.31. The van der Waals surface area contributed by atoms with Crippen molar-refractivity contribution in [2.45, 2.75) is 66.5 Å². The Kier molecular flexibility index (Phi) is 10.2. The van der Waals surface area contributed by atoms with Gasteiger partial charge in [0.25, 0.3) is 0 Å². The van der Waals surface area contributed by atoms with Gasteiger partial charge in [-0.1, -0.05) is 131 Å². The zero-order valence-electron chi connectivity index (χ0n) is 33.1. The van der Waals surface area contributed by atoms with Crippen molar-refractivity contribution in [1.82, 2.24) is 9.97 Å². The summed E-state index contributed by atoms with van der Waals surface area (Å²) >= 11 is 0. The van der Waals surface area contributed by atoms with E-state index < -0.39 is 25.8 Å². The number of benzene rings is 4. The van der Waals surface area contributed by atoms with E-state index in [0.29, 0.717) is 16.8 Å². The number of fused-ring (bicyclic) bond motifs is 3. The molecule has 0 N–H and O–H groups in total. The Bertz CT molecular complexity index is 2340. The summed E-state index contributed by atoms with van der Waals surface area (Å²) in [4.78, 5) is 9.14. The molecular weight excluding hydrogens is 805 g/mol. The molecule has 0 fully saturated rings. The minimum Gasteiger partial charge on any atom is -0.501 e. The number of nitrogens with zero attached hydrogens (tertiary/aromatic N) is 2. The standard InChI is InChI=1S/C28H24NO.C17H22NSi.Ir/c1-28(2,3)18-19-14-15-29-25(16-19)24-11-7-10-23-22-13-12-21(17-26(22)30-27(23)24)20-8-5-4-6-9-20;1-13(2)15-11-16(14-9-7-6-8-10-14)18-12-17(15)19(3,4)5;/h4-10,12-17H,18H2,1-3H3;6-9,11-13H,1-5H3;/q2*-1;/i18D2;13D;. The van der Waals surface area contributed by atoms with E-state index in [1.54, 1.807) is 12.3 Å². The Morgan fingerprint density at radius 1 is 0.800 bits per heavy atom. The molecule has 257 valence electrons. The van der Waals surface area contributed by atoms with E-state index in [0.717, 1.165) is 49.9 Å². The normalized spacial score (nSPS) is 13.1. The summed E-state index contributed by atoms with van der Waals surface area (Å²) in [6.45, 7) is 16.5. The molecule has 5 heteroatoms. The molecule has 1 radical (unpaired) electrons. The van der Waals surface area contributed by atoms with Crippen molar-refractivity contribution >= 4 is 35.2 Å². The fourth-order valence-corrected chi connectivity index (χ4v) is 7.57. The van der Waals surface area contributed by atoms with Gasteiger partial charge in [0, 0.05) is 42.0 Å². The van der Waals surface area contributed by atoms with E-state index in [4.69, 9.17) is 8.53 Å². The van der Waals surface area contributed by atoms with Gasteiger partial charge in [0.05, 0.1) is 13.7 Å². The Morgan fingerprint density at radius 2 is 1.56 bits per heavy atom. The number of rotatable bonds is 6. The summed E-state index contributed by atoms with van der Waals surface area (Å²) in [5.41, 5.74) is 8.20. The average Bonchev–Trinajstić information content (AvgIpc) is 3.49. The van der Waals surface area contributed by atoms with Gasteiger partial charge in [-0.2, -0.15) is 0 Å². The van der Waals surface area contributed by atoms with Crippen molar-refractivity contribution in [1.29, 1.82) is 0 Å². The van der Waals surface area contributed by atoms with Crippen LogP contribution < -0.4 is 5.19 Å². The quantitative estimate of drug-likeness (QED) is 0.124. The molecule has 0 unspecified atom stereocenters. The van der Waals surface area contributed by atoms with Gasteiger partial charge >= 0.3 is 0 Å². The smallest absolute Gasteiger partial charge is 0.121 e. The number of pyridine rings is 2. The molecule has 3 nitrogen and oxygen atoms in total. The summed E-state index contributed by atoms with van der Waals surface area (Å²) in [6.07, 6.45) is 2.14. The molecule has 0 aliphatic heterocycles. The molecule has 0 spiro atoms. The van der Waals surface area contributed by atoms with Crippen LogP contribution in [0.1, 0.15) is 55.8 Å². The maximum atomic E-state index is 8.64. The SMILES string of the molecule is [2H]C(C)(C)c1cc(-c2[c-]cccc2)ncc1[Si](C)(C)C.[2H]C([2H])(c1ccnc(-c2[c-]ccc3c2oc2cc(-c4ccccc4)ccc23)c1)C(C)(C)C.[Ir]. The van der Waals surface area contributed by atoms with E-state index >= 15 is 0 Å². The molecule has 0 saturated carbocycles. The van der Waals surface area contributed by atoms with Crippen molar-refractivity contribution in [2.75, 3.05) is 0 Å². The van der Waals surface area contributed by atoms with Gasteiger partial charge in [-0.3, -0.25) is 0 Å². The van der Waals surface area contributed by atoms with E-state index in [1.807, 2.05) is 101 Å². The first-order valence-electron chi connectivity index (χ1n) is 18.3. The van der Waals surface area contributed by atoms with Crippen LogP contribution in [0.15, 0.2) is 120 Å². The van der Waals surface area contributed by atoms with E-state index in [-0.39, 0.29) is 20.1 Å². The van der Waals surface area contributed by atoms with Gasteiger partial charge < -0.3 is 14.4 Å². The molecule has 0 aliphatic rings. The third-order valence-corrected chi connectivity index (χ3v) is 10.3. The van der Waals surface area contributed by atoms with Crippen molar-refractivity contribution in [2.24, 2.45) is 5.41 Å². The summed E-state index contributed by atoms with van der Waals surface area (Å²) < 4.78 is 32.0. The fraction of sp³-hybridized carbons (Fsp3) is 0.244. The Labute approximate surface area is 316 Å². The molecule has 7 aromatic rings. The Hall–Kier alpha value is -4.15. The first-order chi connectivity index (χ1) is 24.4. The number of furan rings is 1. The number of hydrogen-bond acceptors (Lipinski definition) is 3. The molecule has 7 rings (SSSR count). The molecule has 3 heterocycles. The van der Waals surface area contributed by atoms with Gasteiger partial charge in [0.2, 0.25) is 0 Å². The maximum absolute atomic E-state index is 8.64. The third-order valence-electron chi connectivity index (χ3n) is 8.31. The van der Waals surface area contributed by atoms with Crippen molar-refractivity contribution < 1.29 is 28.6 Å². The average molecular weight is 854 g/mol. The topological polar surface area (TPSA) is 38.9 Å². The van der Waals surface area contributed by atoms with Crippen molar-refractivity contribution in [3.8, 4) is 33.6 Å². The van der Waals surface area contributed by atoms with Gasteiger partial charge in [-0.15, -0.1) is 54.1 Å². The van der Waals surface area contributed by atoms with Crippen LogP contribution in [0.4, 0.5) is 0 Å². The van der Waals surface area contributed by atoms with Gasteiger partial charge in [-0.05, 0) is 57.5 Å². The number of hydrogen-bond donors (Lipinski definition) is 0. The second-order valence-electron chi connectivity index (χ2n) is 14.7. The summed E-state index contributed by atoms with van der Waals surface area (Å²) in [5.74, 6) is -0.609. The molecule has 0 bridgehead atoms. The minimum atomic E-state index is -1.50. The summed E-state index contributed by atoms with van der Waals surface area (Å²) in [7, 11) is -1.50. The van der Waals surface area contributed by atoms with E-state index in [2.05, 4.69) is 78.1 Å². The van der Waals surface area contributed by atoms with Crippen LogP contribution in [0.2, 0.25) is 19.6 Å². The molecule has 0 amide bonds. The van der Waals surface area contributed by atoms with Crippen LogP contribution in [0.25, 0.3) is 55.6 Å². The second-order valence-corrected chi connectivity index (χ2v) is 19.8. The maximum Gasteiger partial charge on any atom is 0.121 e. The van der Waals surface area contributed by atoms with Crippen LogP contribution in [0, 0.1) is 17.5 Å². The van der Waals surface area contributed by atoms with Crippen LogP contribution in [0.3, 0.4) is 0 Å². The van der Waals surface area contributed by atoms with E-state index in [9.17, 15) is 0 Å². The first kappa shape index (κ1) is 33.0. The number of aromatic nitrogens is 2. The van der Waals surface area contributed by atoms with Gasteiger partial charge in [0.1, 0.15) is 5.58 Å². The predicted molar refractivity (Wildman–Crippen MR) is 210 cm³/mol.